The van der Waals surface area contributed by atoms with Gasteiger partial charge in [-0.1, -0.05) is 41.1 Å². The highest BCUT2D eigenvalue weighted by atomic mass is 32.1. The maximum Gasteiger partial charge on any atom is 0.258 e. The summed E-state index contributed by atoms with van der Waals surface area (Å²) in [6.07, 6.45) is 0. The number of allylic oxidation sites excluding steroid dienone is 1. The highest BCUT2D eigenvalue weighted by Crippen LogP contribution is 2.39. The van der Waals surface area contributed by atoms with Gasteiger partial charge in [0.25, 0.3) is 5.89 Å². The molecule has 0 radical (unpaired) electrons. The zero-order chi connectivity index (χ0) is 23.7. The number of nitrogens with zero attached hydrogens (tertiary/aromatic N) is 3. The molecule has 1 aliphatic heterocycles. The predicted octanol–water partition coefficient (Wildman–Crippen LogP) is 6.37. The Morgan fingerprint density at radius 1 is 1.09 bits per heavy atom. The summed E-state index contributed by atoms with van der Waals surface area (Å²) in [6.45, 7) is 6.70. The number of thiocarbonyl (C=S) groups is 1. The average Bonchev–Trinajstić information content (AvgIpc) is 3.53. The van der Waals surface area contributed by atoms with Crippen LogP contribution in [-0.2, 0) is 0 Å². The van der Waals surface area contributed by atoms with E-state index in [-0.39, 0.29) is 6.04 Å². The molecule has 1 unspecified atom stereocenters. The average molecular weight is 489 g/mol. The maximum absolute atomic E-state index is 5.83. The molecule has 0 saturated carbocycles. The van der Waals surface area contributed by atoms with Gasteiger partial charge >= 0.3 is 0 Å². The molecule has 8 heteroatoms. The van der Waals surface area contributed by atoms with Crippen LogP contribution in [0.3, 0.4) is 0 Å². The lowest BCUT2D eigenvalue weighted by Crippen LogP contribution is -2.46. The highest BCUT2D eigenvalue weighted by molar-refractivity contribution is 7.80. The minimum absolute atomic E-state index is 0.219. The summed E-state index contributed by atoms with van der Waals surface area (Å²) in [5.41, 5.74) is 5.01. The molecule has 1 aliphatic rings. The van der Waals surface area contributed by atoms with Crippen molar-refractivity contribution < 1.29 is 9.26 Å². The molecular weight excluding hydrogens is 464 g/mol. The molecule has 34 heavy (non-hydrogen) atoms. The van der Waals surface area contributed by atoms with E-state index in [1.54, 1.807) is 11.3 Å². The van der Waals surface area contributed by atoms with E-state index >= 15 is 0 Å². The molecule has 2 aromatic carbocycles. The molecule has 4 aromatic rings. The summed E-state index contributed by atoms with van der Waals surface area (Å²) in [7, 11) is 0. The molecule has 0 aliphatic carbocycles. The monoisotopic (exact) mass is 488 g/mol. The van der Waals surface area contributed by atoms with Crippen LogP contribution in [0.25, 0.3) is 16.3 Å². The SMILES string of the molecule is CCOc1ccc(N2C(=S)NC(c3ccc(C)cc3)C(c3nc(-c4cccs4)no3)=C2C)cc1. The zero-order valence-electron chi connectivity index (χ0n) is 19.1. The highest BCUT2D eigenvalue weighted by Gasteiger charge is 2.34. The Bertz CT molecular complexity index is 1330. The van der Waals surface area contributed by atoms with Gasteiger partial charge in [-0.25, -0.2) is 0 Å². The van der Waals surface area contributed by atoms with Crippen LogP contribution in [0.5, 0.6) is 5.75 Å². The molecule has 1 N–H and O–H groups in total. The summed E-state index contributed by atoms with van der Waals surface area (Å²) in [5, 5.41) is 10.4. The Morgan fingerprint density at radius 2 is 1.85 bits per heavy atom. The number of anilines is 1. The smallest absolute Gasteiger partial charge is 0.258 e. The van der Waals surface area contributed by atoms with Crippen molar-refractivity contribution in [3.8, 4) is 16.5 Å². The maximum atomic E-state index is 5.83. The summed E-state index contributed by atoms with van der Waals surface area (Å²) in [6, 6.07) is 20.0. The number of rotatable bonds is 6. The van der Waals surface area contributed by atoms with Gasteiger partial charge in [0.2, 0.25) is 5.82 Å². The van der Waals surface area contributed by atoms with Gasteiger partial charge in [-0.05, 0) is 74.3 Å². The number of hydrogen-bond donors (Lipinski definition) is 1. The van der Waals surface area contributed by atoms with Crippen molar-refractivity contribution in [3.63, 3.8) is 0 Å². The molecule has 1 atom stereocenters. The first-order valence-corrected chi connectivity index (χ1v) is 12.3. The van der Waals surface area contributed by atoms with E-state index in [9.17, 15) is 0 Å². The summed E-state index contributed by atoms with van der Waals surface area (Å²) < 4.78 is 11.4. The third-order valence-electron chi connectivity index (χ3n) is 5.70. The molecule has 172 valence electrons. The fourth-order valence-electron chi connectivity index (χ4n) is 4.04. The normalized spacial score (nSPS) is 16.0. The van der Waals surface area contributed by atoms with E-state index in [1.165, 1.54) is 5.56 Å². The van der Waals surface area contributed by atoms with Crippen LogP contribution in [-0.4, -0.2) is 21.9 Å². The second-order valence-electron chi connectivity index (χ2n) is 7.96. The van der Waals surface area contributed by atoms with Crippen LogP contribution in [0.2, 0.25) is 0 Å². The largest absolute Gasteiger partial charge is 0.494 e. The molecule has 0 bridgehead atoms. The molecule has 6 nitrogen and oxygen atoms in total. The fourth-order valence-corrected chi connectivity index (χ4v) is 5.05. The summed E-state index contributed by atoms with van der Waals surface area (Å²) >= 11 is 7.41. The van der Waals surface area contributed by atoms with Crippen molar-refractivity contribution in [1.82, 2.24) is 15.5 Å². The molecule has 0 fully saturated rings. The first-order chi connectivity index (χ1) is 16.5. The number of benzene rings is 2. The number of aromatic nitrogens is 2. The van der Waals surface area contributed by atoms with Gasteiger partial charge in [0.15, 0.2) is 5.11 Å². The van der Waals surface area contributed by atoms with Crippen LogP contribution >= 0.6 is 23.6 Å². The van der Waals surface area contributed by atoms with E-state index in [1.807, 2.05) is 60.5 Å². The van der Waals surface area contributed by atoms with Gasteiger partial charge < -0.3 is 14.6 Å². The quantitative estimate of drug-likeness (QED) is 0.316. The number of aryl methyl sites for hydroxylation is 1. The van der Waals surface area contributed by atoms with Crippen LogP contribution < -0.4 is 15.0 Å². The molecule has 3 heterocycles. The van der Waals surface area contributed by atoms with Crippen LogP contribution in [0.1, 0.15) is 36.9 Å². The van der Waals surface area contributed by atoms with Crippen molar-refractivity contribution in [2.24, 2.45) is 0 Å². The van der Waals surface area contributed by atoms with Gasteiger partial charge in [0.1, 0.15) is 5.75 Å². The number of hydrogen-bond acceptors (Lipinski definition) is 6. The van der Waals surface area contributed by atoms with Crippen LogP contribution in [0.15, 0.2) is 76.3 Å². The van der Waals surface area contributed by atoms with Crippen molar-refractivity contribution in [1.29, 1.82) is 0 Å². The molecule has 0 amide bonds. The van der Waals surface area contributed by atoms with Gasteiger partial charge in [0.05, 0.1) is 23.1 Å². The van der Waals surface area contributed by atoms with E-state index < -0.39 is 0 Å². The van der Waals surface area contributed by atoms with Gasteiger partial charge in [-0.3, -0.25) is 4.90 Å². The van der Waals surface area contributed by atoms with Gasteiger partial charge in [-0.2, -0.15) is 4.98 Å². The Kier molecular flexibility index (Phi) is 6.17. The Balaban J connectivity index is 1.62. The zero-order valence-corrected chi connectivity index (χ0v) is 20.7. The fraction of sp³-hybridized carbons (Fsp3) is 0.192. The van der Waals surface area contributed by atoms with Gasteiger partial charge in [0, 0.05) is 11.4 Å². The third kappa shape index (κ3) is 4.22. The van der Waals surface area contributed by atoms with E-state index in [4.69, 9.17) is 26.5 Å². The van der Waals surface area contributed by atoms with Crippen molar-refractivity contribution in [2.75, 3.05) is 11.5 Å². The predicted molar refractivity (Wildman–Crippen MR) is 140 cm³/mol. The lowest BCUT2D eigenvalue weighted by atomic mass is 9.94. The van der Waals surface area contributed by atoms with Crippen LogP contribution in [0.4, 0.5) is 5.69 Å². The summed E-state index contributed by atoms with van der Waals surface area (Å²) in [4.78, 5) is 7.72. The van der Waals surface area contributed by atoms with Crippen molar-refractivity contribution in [2.45, 2.75) is 26.8 Å². The summed E-state index contributed by atoms with van der Waals surface area (Å²) in [5.74, 6) is 1.87. The van der Waals surface area contributed by atoms with E-state index in [2.05, 4.69) is 41.7 Å². The Morgan fingerprint density at radius 3 is 2.53 bits per heavy atom. The topological polar surface area (TPSA) is 63.4 Å². The Labute approximate surface area is 207 Å². The first-order valence-electron chi connectivity index (χ1n) is 11.0. The second kappa shape index (κ2) is 9.40. The lowest BCUT2D eigenvalue weighted by molar-refractivity contribution is 0.340. The minimum Gasteiger partial charge on any atom is -0.494 e. The lowest BCUT2D eigenvalue weighted by Gasteiger charge is -2.37. The Hall–Kier alpha value is -3.49. The third-order valence-corrected chi connectivity index (χ3v) is 6.87. The molecule has 0 saturated heterocycles. The van der Waals surface area contributed by atoms with E-state index in [0.717, 1.165) is 33.1 Å². The van der Waals surface area contributed by atoms with Crippen molar-refractivity contribution >= 4 is 39.9 Å². The number of nitrogens with one attached hydrogen (secondary N) is 1. The first kappa shape index (κ1) is 22.3. The van der Waals surface area contributed by atoms with Crippen LogP contribution in [0, 0.1) is 6.92 Å². The molecule has 2 aromatic heterocycles. The minimum atomic E-state index is -0.219. The van der Waals surface area contributed by atoms with Crippen molar-refractivity contribution in [3.05, 3.63) is 88.8 Å². The molecular formula is C26H24N4O2S2. The molecule has 5 rings (SSSR count). The second-order valence-corrected chi connectivity index (χ2v) is 9.29. The van der Waals surface area contributed by atoms with Gasteiger partial charge in [-0.15, -0.1) is 11.3 Å². The number of ether oxygens (including phenoxy) is 1. The standard InChI is InChI=1S/C26H24N4O2S2/c1-4-31-20-13-11-19(12-14-20)30-17(3)22(25-28-24(29-32-25)21-6-5-15-34-21)23(27-26(30)33)18-9-7-16(2)8-10-18/h5-15,23H,4H2,1-3H3,(H,27,33). The van der Waals surface area contributed by atoms with E-state index in [0.29, 0.717) is 23.4 Å². The number of thiophene rings is 1. The molecule has 0 spiro atoms.